The molecule has 5 nitrogen and oxygen atoms in total. The van der Waals surface area contributed by atoms with Gasteiger partial charge in [-0.3, -0.25) is 0 Å². The zero-order valence-electron chi connectivity index (χ0n) is 9.37. The Kier molecular flexibility index (Phi) is 2.89. The van der Waals surface area contributed by atoms with Crippen molar-refractivity contribution in [3.8, 4) is 0 Å². The summed E-state index contributed by atoms with van der Waals surface area (Å²) < 4.78 is 46.7. The molecule has 2 unspecified atom stereocenters. The molecule has 2 rings (SSSR count). The van der Waals surface area contributed by atoms with E-state index in [1.807, 2.05) is 6.92 Å². The smallest absolute Gasteiger partial charge is 0.224 e. The highest BCUT2D eigenvalue weighted by molar-refractivity contribution is 7.95. The molecule has 0 fully saturated rings. The summed E-state index contributed by atoms with van der Waals surface area (Å²) in [6.45, 7) is 3.54. The van der Waals surface area contributed by atoms with Crippen molar-refractivity contribution in [2.45, 2.75) is 39.9 Å². The van der Waals surface area contributed by atoms with E-state index < -0.39 is 25.1 Å². The van der Waals surface area contributed by atoms with E-state index in [4.69, 9.17) is 5.14 Å². The topological polar surface area (TPSA) is 94.3 Å². The second kappa shape index (κ2) is 3.78. The molecule has 0 spiro atoms. The van der Waals surface area contributed by atoms with Gasteiger partial charge in [0.05, 0.1) is 5.25 Å². The zero-order chi connectivity index (χ0) is 13.0. The first kappa shape index (κ1) is 13.0. The molecule has 96 valence electrons. The maximum absolute atomic E-state index is 12.1. The Hall–Kier alpha value is -0.440. The molecule has 0 amide bonds. The van der Waals surface area contributed by atoms with Crippen LogP contribution in [0.25, 0.3) is 0 Å². The Bertz CT molecular complexity index is 656. The Morgan fingerprint density at radius 1 is 1.41 bits per heavy atom. The highest BCUT2D eigenvalue weighted by atomic mass is 32.3. The van der Waals surface area contributed by atoms with E-state index in [9.17, 15) is 16.8 Å². The number of thiophene rings is 1. The number of hydrogen-bond donors (Lipinski definition) is 1. The number of primary sulfonamides is 1. The molecule has 0 radical (unpaired) electrons. The maximum atomic E-state index is 12.1. The molecule has 0 saturated carbocycles. The predicted octanol–water partition coefficient (Wildman–Crippen LogP) is 1.06. The molecule has 8 heteroatoms. The molecule has 1 aromatic rings. The van der Waals surface area contributed by atoms with Gasteiger partial charge >= 0.3 is 0 Å². The van der Waals surface area contributed by atoms with E-state index in [0.717, 1.165) is 11.3 Å². The minimum Gasteiger partial charge on any atom is -0.224 e. The minimum absolute atomic E-state index is 0.0373. The molecule has 2 N–H and O–H groups in total. The third-order valence-electron chi connectivity index (χ3n) is 2.99. The molecule has 1 aromatic heterocycles. The maximum Gasteiger partial charge on any atom is 0.247 e. The second-order valence-electron chi connectivity index (χ2n) is 4.35. The van der Waals surface area contributed by atoms with Crippen LogP contribution in [-0.2, 0) is 19.9 Å². The van der Waals surface area contributed by atoms with Crippen LogP contribution in [0.1, 0.15) is 31.7 Å². The summed E-state index contributed by atoms with van der Waals surface area (Å²) in [5.74, 6) is 0.0373. The normalized spacial score (nSPS) is 27.7. The van der Waals surface area contributed by atoms with Crippen molar-refractivity contribution in [2.24, 2.45) is 5.14 Å². The molecule has 2 heterocycles. The fourth-order valence-corrected chi connectivity index (χ4v) is 6.64. The molecule has 17 heavy (non-hydrogen) atoms. The number of sulfone groups is 1. The average Bonchev–Trinajstić information content (AvgIpc) is 2.59. The van der Waals surface area contributed by atoms with Crippen molar-refractivity contribution in [1.82, 2.24) is 0 Å². The number of sulfonamides is 1. The van der Waals surface area contributed by atoms with Crippen LogP contribution in [-0.4, -0.2) is 22.1 Å². The second-order valence-corrected chi connectivity index (χ2v) is 9.75. The monoisotopic (exact) mass is 295 g/mol. The first-order valence-electron chi connectivity index (χ1n) is 5.04. The molecular weight excluding hydrogens is 282 g/mol. The van der Waals surface area contributed by atoms with Crippen LogP contribution in [0.15, 0.2) is 14.5 Å². The SMILES string of the molecule is CC1CC(C)S(=O)(=O)c2sc(S(N)(=O)=O)cc21. The van der Waals surface area contributed by atoms with Gasteiger partial charge < -0.3 is 0 Å². The van der Waals surface area contributed by atoms with Gasteiger partial charge in [-0.2, -0.15) is 0 Å². The molecule has 0 aromatic carbocycles. The fourth-order valence-electron chi connectivity index (χ4n) is 2.01. The number of fused-ring (bicyclic) bond motifs is 1. The Morgan fingerprint density at radius 3 is 2.53 bits per heavy atom. The summed E-state index contributed by atoms with van der Waals surface area (Å²) in [6, 6.07) is 1.39. The number of rotatable bonds is 1. The summed E-state index contributed by atoms with van der Waals surface area (Å²) in [7, 11) is -7.23. The largest absolute Gasteiger partial charge is 0.247 e. The molecule has 0 aliphatic carbocycles. The molecule has 1 aliphatic rings. The van der Waals surface area contributed by atoms with Crippen molar-refractivity contribution in [3.05, 3.63) is 11.6 Å². The molecule has 1 aliphatic heterocycles. The molecular formula is C9H13NO4S3. The van der Waals surface area contributed by atoms with Crippen molar-refractivity contribution in [2.75, 3.05) is 0 Å². The quantitative estimate of drug-likeness (QED) is 0.838. The third-order valence-corrected chi connectivity index (χ3v) is 8.30. The van der Waals surface area contributed by atoms with Crippen LogP contribution in [0.5, 0.6) is 0 Å². The number of hydrogen-bond acceptors (Lipinski definition) is 5. The third kappa shape index (κ3) is 2.03. The van der Waals surface area contributed by atoms with Crippen LogP contribution in [0.2, 0.25) is 0 Å². The van der Waals surface area contributed by atoms with Gasteiger partial charge in [-0.05, 0) is 30.9 Å². The van der Waals surface area contributed by atoms with Gasteiger partial charge in [-0.15, -0.1) is 11.3 Å². The highest BCUT2D eigenvalue weighted by Crippen LogP contribution is 2.43. The first-order valence-corrected chi connectivity index (χ1v) is 8.95. The van der Waals surface area contributed by atoms with E-state index in [2.05, 4.69) is 0 Å². The van der Waals surface area contributed by atoms with Crippen LogP contribution in [0.4, 0.5) is 0 Å². The minimum atomic E-state index is -3.83. The average molecular weight is 295 g/mol. The molecule has 0 bridgehead atoms. The van der Waals surface area contributed by atoms with Gasteiger partial charge in [-0.1, -0.05) is 6.92 Å². The highest BCUT2D eigenvalue weighted by Gasteiger charge is 2.37. The van der Waals surface area contributed by atoms with Crippen LogP contribution in [0, 0.1) is 0 Å². The van der Waals surface area contributed by atoms with Crippen molar-refractivity contribution in [3.63, 3.8) is 0 Å². The lowest BCUT2D eigenvalue weighted by Gasteiger charge is -2.23. The van der Waals surface area contributed by atoms with E-state index in [-0.39, 0.29) is 14.3 Å². The predicted molar refractivity (Wildman–Crippen MR) is 65.4 cm³/mol. The van der Waals surface area contributed by atoms with E-state index in [1.54, 1.807) is 6.92 Å². The Balaban J connectivity index is 2.73. The van der Waals surface area contributed by atoms with Gasteiger partial charge in [0.15, 0.2) is 9.84 Å². The standard InChI is InChI=1S/C9H13NO4S3/c1-5-3-6(2)16(11,12)9-7(5)4-8(15-9)17(10,13)14/h4-6H,3H2,1-2H3,(H2,10,13,14). The number of nitrogens with two attached hydrogens (primary N) is 1. The summed E-state index contributed by atoms with van der Waals surface area (Å²) in [5.41, 5.74) is 0.581. The lowest BCUT2D eigenvalue weighted by molar-refractivity contribution is 0.549. The first-order chi connectivity index (χ1) is 7.64. The van der Waals surface area contributed by atoms with Gasteiger partial charge in [0, 0.05) is 0 Å². The van der Waals surface area contributed by atoms with Crippen molar-refractivity contribution < 1.29 is 16.8 Å². The molecule has 2 atom stereocenters. The van der Waals surface area contributed by atoms with Gasteiger partial charge in [0.1, 0.15) is 8.42 Å². The van der Waals surface area contributed by atoms with Crippen LogP contribution in [0.3, 0.4) is 0 Å². The van der Waals surface area contributed by atoms with Crippen LogP contribution >= 0.6 is 11.3 Å². The zero-order valence-corrected chi connectivity index (χ0v) is 11.8. The Labute approximate surface area is 105 Å². The van der Waals surface area contributed by atoms with E-state index in [0.29, 0.717) is 12.0 Å². The lowest BCUT2D eigenvalue weighted by atomic mass is 9.99. The summed E-state index contributed by atoms with van der Waals surface area (Å²) in [6.07, 6.45) is 0.510. The van der Waals surface area contributed by atoms with Crippen molar-refractivity contribution >= 4 is 31.2 Å². The van der Waals surface area contributed by atoms with E-state index in [1.165, 1.54) is 6.07 Å². The summed E-state index contributed by atoms with van der Waals surface area (Å²) in [5, 5.41) is 4.55. The van der Waals surface area contributed by atoms with Gasteiger partial charge in [0.25, 0.3) is 0 Å². The van der Waals surface area contributed by atoms with Gasteiger partial charge in [-0.25, -0.2) is 22.0 Å². The molecule has 0 saturated heterocycles. The van der Waals surface area contributed by atoms with Crippen molar-refractivity contribution in [1.29, 1.82) is 0 Å². The van der Waals surface area contributed by atoms with Crippen LogP contribution < -0.4 is 5.14 Å². The van der Waals surface area contributed by atoms with E-state index >= 15 is 0 Å². The van der Waals surface area contributed by atoms with Gasteiger partial charge in [0.2, 0.25) is 10.0 Å². The fraction of sp³-hybridized carbons (Fsp3) is 0.556. The Morgan fingerprint density at radius 2 is 2.00 bits per heavy atom. The summed E-state index contributed by atoms with van der Waals surface area (Å²) in [4.78, 5) is 0. The lowest BCUT2D eigenvalue weighted by Crippen LogP contribution is -2.25. The summed E-state index contributed by atoms with van der Waals surface area (Å²) >= 11 is 0.756.